The Bertz CT molecular complexity index is 1330. The highest BCUT2D eigenvalue weighted by Crippen LogP contribution is 2.24. The number of nitrogens with one attached hydrogen (secondary N) is 1. The van der Waals surface area contributed by atoms with Gasteiger partial charge in [-0.3, -0.25) is 14.8 Å². The molecule has 0 bridgehead atoms. The number of nitrogen functional groups attached to an aromatic ring is 1. The van der Waals surface area contributed by atoms with Gasteiger partial charge >= 0.3 is 0 Å². The Kier molecular flexibility index (Phi) is 6.53. The molecule has 0 atom stereocenters. The van der Waals surface area contributed by atoms with Crippen molar-refractivity contribution < 1.29 is 9.90 Å². The topological polar surface area (TPSA) is 114 Å². The van der Waals surface area contributed by atoms with Crippen LogP contribution in [-0.4, -0.2) is 26.0 Å². The van der Waals surface area contributed by atoms with Crippen molar-refractivity contribution in [2.75, 3.05) is 5.73 Å². The van der Waals surface area contributed by atoms with E-state index in [1.165, 1.54) is 0 Å². The molecule has 0 fully saturated rings. The number of nitrogens with two attached hydrogens (primary N) is 1. The summed E-state index contributed by atoms with van der Waals surface area (Å²) >= 11 is 6.09. The molecule has 0 saturated carbocycles. The van der Waals surface area contributed by atoms with Crippen LogP contribution in [0, 0.1) is 13.8 Å². The first kappa shape index (κ1) is 22.6. The molecule has 33 heavy (non-hydrogen) atoms. The molecule has 8 heteroatoms. The Morgan fingerprint density at radius 3 is 2.73 bits per heavy atom. The fourth-order valence-corrected chi connectivity index (χ4v) is 4.11. The third-order valence-corrected chi connectivity index (χ3v) is 5.73. The lowest BCUT2D eigenvalue weighted by molar-refractivity contribution is 0.0950. The van der Waals surface area contributed by atoms with Crippen LogP contribution in [0.4, 0.5) is 5.82 Å². The van der Waals surface area contributed by atoms with Crippen molar-refractivity contribution in [3.05, 3.63) is 93.0 Å². The van der Waals surface area contributed by atoms with Crippen molar-refractivity contribution in [3.63, 3.8) is 0 Å². The third-order valence-electron chi connectivity index (χ3n) is 5.52. The summed E-state index contributed by atoms with van der Waals surface area (Å²) in [6.07, 6.45) is 3.68. The Morgan fingerprint density at radius 1 is 1.15 bits per heavy atom. The zero-order chi connectivity index (χ0) is 23.5. The standard InChI is InChI=1S/C25H24ClN5O2/c1-14-5-23(27)31-15(2)22(14)12-30-25(33)17-3-4-28-21(10-17)8-16-6-18-9-20(26)11-29-24(18)19(7-16)13-32/h3-7,9-11,32H,8,12-13H2,1-2H3,(H2,27,31)(H,30,33). The van der Waals surface area contributed by atoms with Gasteiger partial charge in [0.2, 0.25) is 0 Å². The number of aryl methyl sites for hydroxylation is 2. The monoisotopic (exact) mass is 461 g/mol. The van der Waals surface area contributed by atoms with Crippen LogP contribution >= 0.6 is 11.6 Å². The molecule has 4 N–H and O–H groups in total. The molecule has 3 heterocycles. The van der Waals surface area contributed by atoms with Gasteiger partial charge < -0.3 is 16.2 Å². The summed E-state index contributed by atoms with van der Waals surface area (Å²) in [4.78, 5) is 25.8. The molecular weight excluding hydrogens is 438 g/mol. The lowest BCUT2D eigenvalue weighted by Gasteiger charge is -2.12. The third kappa shape index (κ3) is 5.10. The molecule has 1 amide bonds. The van der Waals surface area contributed by atoms with E-state index >= 15 is 0 Å². The lowest BCUT2D eigenvalue weighted by atomic mass is 10.0. The summed E-state index contributed by atoms with van der Waals surface area (Å²) in [6, 6.07) is 10.9. The molecule has 0 aliphatic heterocycles. The molecule has 168 valence electrons. The SMILES string of the molecule is Cc1cc(N)nc(C)c1CNC(=O)c1ccnc(Cc2cc(CO)c3ncc(Cl)cc3c2)c1. The fourth-order valence-electron chi connectivity index (χ4n) is 3.94. The fraction of sp³-hybridized carbons (Fsp3) is 0.200. The maximum absolute atomic E-state index is 12.8. The summed E-state index contributed by atoms with van der Waals surface area (Å²) in [7, 11) is 0. The summed E-state index contributed by atoms with van der Waals surface area (Å²) in [6.45, 7) is 4.06. The summed E-state index contributed by atoms with van der Waals surface area (Å²) in [5.74, 6) is 0.273. The predicted octanol–water partition coefficient (Wildman–Crippen LogP) is 3.89. The number of fused-ring (bicyclic) bond motifs is 1. The highest BCUT2D eigenvalue weighted by atomic mass is 35.5. The van der Waals surface area contributed by atoms with Crippen molar-refractivity contribution in [2.24, 2.45) is 0 Å². The number of aliphatic hydroxyl groups is 1. The first-order valence-electron chi connectivity index (χ1n) is 10.5. The van der Waals surface area contributed by atoms with Gasteiger partial charge in [0.1, 0.15) is 5.82 Å². The first-order valence-corrected chi connectivity index (χ1v) is 10.9. The van der Waals surface area contributed by atoms with Gasteiger partial charge in [-0.15, -0.1) is 0 Å². The number of nitrogens with zero attached hydrogens (tertiary/aromatic N) is 3. The highest BCUT2D eigenvalue weighted by molar-refractivity contribution is 6.31. The van der Waals surface area contributed by atoms with Crippen LogP contribution in [0.15, 0.2) is 48.8 Å². The molecule has 3 aromatic heterocycles. The van der Waals surface area contributed by atoms with Gasteiger partial charge in [-0.05, 0) is 60.9 Å². The van der Waals surface area contributed by atoms with Gasteiger partial charge in [0.25, 0.3) is 5.91 Å². The molecule has 0 aliphatic carbocycles. The first-order chi connectivity index (χ1) is 15.8. The van der Waals surface area contributed by atoms with Crippen molar-refractivity contribution in [1.82, 2.24) is 20.3 Å². The number of anilines is 1. The van der Waals surface area contributed by atoms with E-state index in [1.54, 1.807) is 30.6 Å². The molecular formula is C25H24ClN5O2. The normalized spacial score (nSPS) is 11.0. The molecule has 4 rings (SSSR count). The molecule has 1 aromatic carbocycles. The second-order valence-corrected chi connectivity index (χ2v) is 8.40. The number of carbonyl (C=O) groups excluding carboxylic acids is 1. The molecule has 0 saturated heterocycles. The predicted molar refractivity (Wildman–Crippen MR) is 129 cm³/mol. The second-order valence-electron chi connectivity index (χ2n) is 7.96. The minimum absolute atomic E-state index is 0.131. The number of aliphatic hydroxyl groups excluding tert-OH is 1. The molecule has 0 unspecified atom stereocenters. The van der Waals surface area contributed by atoms with Gasteiger partial charge in [-0.2, -0.15) is 0 Å². The van der Waals surface area contributed by atoms with E-state index in [4.69, 9.17) is 17.3 Å². The molecule has 0 aliphatic rings. The van der Waals surface area contributed by atoms with Crippen LogP contribution in [0.25, 0.3) is 10.9 Å². The molecule has 4 aromatic rings. The number of benzene rings is 1. The zero-order valence-electron chi connectivity index (χ0n) is 18.4. The van der Waals surface area contributed by atoms with E-state index in [-0.39, 0.29) is 12.5 Å². The second kappa shape index (κ2) is 9.52. The lowest BCUT2D eigenvalue weighted by Crippen LogP contribution is -2.24. The summed E-state index contributed by atoms with van der Waals surface area (Å²) in [5.41, 5.74) is 12.2. The smallest absolute Gasteiger partial charge is 0.251 e. The van der Waals surface area contributed by atoms with E-state index in [9.17, 15) is 9.90 Å². The van der Waals surface area contributed by atoms with E-state index in [0.29, 0.717) is 29.4 Å². The van der Waals surface area contributed by atoms with Crippen LogP contribution in [0.5, 0.6) is 0 Å². The van der Waals surface area contributed by atoms with Crippen LogP contribution in [-0.2, 0) is 19.6 Å². The van der Waals surface area contributed by atoms with Crippen molar-refractivity contribution in [3.8, 4) is 0 Å². The Labute approximate surface area is 196 Å². The van der Waals surface area contributed by atoms with Crippen LogP contribution in [0.1, 0.15) is 44.0 Å². The zero-order valence-corrected chi connectivity index (χ0v) is 19.1. The maximum Gasteiger partial charge on any atom is 0.251 e. The Balaban J connectivity index is 1.53. The number of carbonyl (C=O) groups is 1. The number of pyridine rings is 3. The number of rotatable bonds is 6. The van der Waals surface area contributed by atoms with Gasteiger partial charge in [-0.25, -0.2) is 4.98 Å². The van der Waals surface area contributed by atoms with Crippen LogP contribution < -0.4 is 11.1 Å². The Morgan fingerprint density at radius 2 is 1.97 bits per heavy atom. The van der Waals surface area contributed by atoms with Gasteiger partial charge in [0, 0.05) is 53.3 Å². The van der Waals surface area contributed by atoms with E-state index in [2.05, 4.69) is 20.3 Å². The molecule has 0 radical (unpaired) electrons. The van der Waals surface area contributed by atoms with Crippen molar-refractivity contribution in [1.29, 1.82) is 0 Å². The highest BCUT2D eigenvalue weighted by Gasteiger charge is 2.12. The minimum Gasteiger partial charge on any atom is -0.392 e. The summed E-state index contributed by atoms with van der Waals surface area (Å²) < 4.78 is 0. The maximum atomic E-state index is 12.8. The minimum atomic E-state index is -0.195. The quantitative estimate of drug-likeness (QED) is 0.401. The largest absolute Gasteiger partial charge is 0.392 e. The van der Waals surface area contributed by atoms with E-state index < -0.39 is 0 Å². The molecule has 7 nitrogen and oxygen atoms in total. The average molecular weight is 462 g/mol. The number of hydrogen-bond acceptors (Lipinski definition) is 6. The number of aromatic nitrogens is 3. The van der Waals surface area contributed by atoms with E-state index in [1.807, 2.05) is 32.0 Å². The van der Waals surface area contributed by atoms with Gasteiger partial charge in [-0.1, -0.05) is 17.7 Å². The van der Waals surface area contributed by atoms with Crippen molar-refractivity contribution in [2.45, 2.75) is 33.4 Å². The van der Waals surface area contributed by atoms with E-state index in [0.717, 1.165) is 44.5 Å². The van der Waals surface area contributed by atoms with Crippen LogP contribution in [0.3, 0.4) is 0 Å². The van der Waals surface area contributed by atoms with Crippen molar-refractivity contribution >= 4 is 34.2 Å². The Hall–Kier alpha value is -3.55. The summed E-state index contributed by atoms with van der Waals surface area (Å²) in [5, 5.41) is 14.1. The van der Waals surface area contributed by atoms with Gasteiger partial charge in [0.15, 0.2) is 0 Å². The average Bonchev–Trinajstić information content (AvgIpc) is 2.77. The van der Waals surface area contributed by atoms with Gasteiger partial charge in [0.05, 0.1) is 17.1 Å². The number of halogens is 1. The van der Waals surface area contributed by atoms with Crippen LogP contribution in [0.2, 0.25) is 5.02 Å². The molecule has 0 spiro atoms. The number of hydrogen-bond donors (Lipinski definition) is 3. The number of amides is 1.